The van der Waals surface area contributed by atoms with E-state index >= 15 is 0 Å². The number of piperidine rings is 1. The van der Waals surface area contributed by atoms with E-state index in [4.69, 9.17) is 9.84 Å². The zero-order chi connectivity index (χ0) is 12.9. The first-order chi connectivity index (χ1) is 7.92. The van der Waals surface area contributed by atoms with Crippen LogP contribution in [0.1, 0.15) is 46.5 Å². The first kappa shape index (κ1) is 14.5. The Morgan fingerprint density at radius 1 is 1.47 bits per heavy atom. The van der Waals surface area contributed by atoms with Crippen molar-refractivity contribution in [2.24, 2.45) is 5.92 Å². The van der Waals surface area contributed by atoms with Gasteiger partial charge in [-0.2, -0.15) is 0 Å². The maximum atomic E-state index is 11.9. The van der Waals surface area contributed by atoms with Crippen LogP contribution in [0.25, 0.3) is 0 Å². The lowest BCUT2D eigenvalue weighted by molar-refractivity contribution is -0.161. The summed E-state index contributed by atoms with van der Waals surface area (Å²) in [5.41, 5.74) is -0.400. The summed E-state index contributed by atoms with van der Waals surface area (Å²) < 4.78 is 5.41. The van der Waals surface area contributed by atoms with Crippen molar-refractivity contribution < 1.29 is 14.6 Å². The average Bonchev–Trinajstić information content (AvgIpc) is 2.24. The van der Waals surface area contributed by atoms with E-state index in [1.165, 1.54) is 0 Å². The number of aliphatic hydroxyl groups excluding tert-OH is 1. The molecular weight excluding hydrogens is 218 g/mol. The second kappa shape index (κ2) is 6.36. The van der Waals surface area contributed by atoms with Crippen LogP contribution in [-0.2, 0) is 9.53 Å². The Bertz CT molecular complexity index is 248. The lowest BCUT2D eigenvalue weighted by Gasteiger charge is -2.31. The Hall–Kier alpha value is -0.610. The van der Waals surface area contributed by atoms with E-state index in [1.54, 1.807) is 0 Å². The molecule has 1 saturated heterocycles. The third-order valence-electron chi connectivity index (χ3n) is 2.95. The molecule has 2 atom stereocenters. The van der Waals surface area contributed by atoms with Crippen molar-refractivity contribution in [3.05, 3.63) is 0 Å². The molecule has 17 heavy (non-hydrogen) atoms. The summed E-state index contributed by atoms with van der Waals surface area (Å²) in [5, 5.41) is 12.2. The van der Waals surface area contributed by atoms with Gasteiger partial charge in [-0.1, -0.05) is 0 Å². The van der Waals surface area contributed by atoms with Gasteiger partial charge >= 0.3 is 5.97 Å². The molecular formula is C13H25NO3. The number of nitrogens with one attached hydrogen (secondary N) is 1. The van der Waals surface area contributed by atoms with Crippen LogP contribution in [0.5, 0.6) is 0 Å². The third kappa shape index (κ3) is 5.50. The SMILES string of the molecule is CC(C)(C)OC(=O)[C@H]1CCN[C@H](CCCO)C1. The Morgan fingerprint density at radius 2 is 2.18 bits per heavy atom. The molecule has 0 aliphatic carbocycles. The smallest absolute Gasteiger partial charge is 0.309 e. The van der Waals surface area contributed by atoms with Crippen LogP contribution < -0.4 is 5.32 Å². The summed E-state index contributed by atoms with van der Waals surface area (Å²) >= 11 is 0. The molecule has 1 fully saturated rings. The summed E-state index contributed by atoms with van der Waals surface area (Å²) in [7, 11) is 0. The molecule has 0 aromatic heterocycles. The molecule has 0 amide bonds. The molecule has 0 bridgehead atoms. The highest BCUT2D eigenvalue weighted by molar-refractivity contribution is 5.73. The van der Waals surface area contributed by atoms with Crippen molar-refractivity contribution >= 4 is 5.97 Å². The number of carbonyl (C=O) groups excluding carboxylic acids is 1. The van der Waals surface area contributed by atoms with Gasteiger partial charge in [0.05, 0.1) is 5.92 Å². The molecule has 100 valence electrons. The summed E-state index contributed by atoms with van der Waals surface area (Å²) in [6, 6.07) is 0.341. The summed E-state index contributed by atoms with van der Waals surface area (Å²) in [4.78, 5) is 11.9. The average molecular weight is 243 g/mol. The van der Waals surface area contributed by atoms with E-state index in [0.29, 0.717) is 6.04 Å². The fraction of sp³-hybridized carbons (Fsp3) is 0.923. The van der Waals surface area contributed by atoms with Crippen molar-refractivity contribution in [2.45, 2.75) is 58.1 Å². The van der Waals surface area contributed by atoms with Crippen LogP contribution in [-0.4, -0.2) is 35.9 Å². The molecule has 1 aliphatic heterocycles. The highest BCUT2D eigenvalue weighted by Gasteiger charge is 2.30. The van der Waals surface area contributed by atoms with Crippen LogP contribution in [0.15, 0.2) is 0 Å². The molecule has 2 N–H and O–H groups in total. The molecule has 0 radical (unpaired) electrons. The number of ether oxygens (including phenoxy) is 1. The molecule has 0 saturated carbocycles. The number of hydrogen-bond acceptors (Lipinski definition) is 4. The van der Waals surface area contributed by atoms with Gasteiger partial charge < -0.3 is 15.2 Å². The van der Waals surface area contributed by atoms with E-state index in [2.05, 4.69) is 5.32 Å². The summed E-state index contributed by atoms with van der Waals surface area (Å²) in [5.74, 6) is -0.0628. The lowest BCUT2D eigenvalue weighted by Crippen LogP contribution is -2.42. The quantitative estimate of drug-likeness (QED) is 0.734. The fourth-order valence-electron chi connectivity index (χ4n) is 2.16. The highest BCUT2D eigenvalue weighted by Crippen LogP contribution is 2.22. The molecule has 1 rings (SSSR count). The molecule has 4 heteroatoms. The predicted octanol–water partition coefficient (Wildman–Crippen LogP) is 1.47. The van der Waals surface area contributed by atoms with E-state index in [1.807, 2.05) is 20.8 Å². The second-order valence-corrected chi connectivity index (χ2v) is 5.77. The van der Waals surface area contributed by atoms with Crippen molar-refractivity contribution in [1.82, 2.24) is 5.32 Å². The largest absolute Gasteiger partial charge is 0.460 e. The third-order valence-corrected chi connectivity index (χ3v) is 2.95. The van der Waals surface area contributed by atoms with Gasteiger partial charge in [-0.25, -0.2) is 0 Å². The molecule has 4 nitrogen and oxygen atoms in total. The number of carbonyl (C=O) groups is 1. The first-order valence-electron chi connectivity index (χ1n) is 6.49. The van der Waals surface area contributed by atoms with Crippen molar-refractivity contribution in [3.63, 3.8) is 0 Å². The topological polar surface area (TPSA) is 58.6 Å². The summed E-state index contributed by atoms with van der Waals surface area (Å²) in [6.07, 6.45) is 3.40. The van der Waals surface area contributed by atoms with Gasteiger partial charge in [-0.15, -0.1) is 0 Å². The minimum atomic E-state index is -0.400. The van der Waals surface area contributed by atoms with Gasteiger partial charge in [0.1, 0.15) is 5.60 Å². The van der Waals surface area contributed by atoms with Gasteiger partial charge in [-0.05, 0) is 53.0 Å². The number of rotatable bonds is 4. The van der Waals surface area contributed by atoms with Crippen LogP contribution in [0, 0.1) is 5.92 Å². The fourth-order valence-corrected chi connectivity index (χ4v) is 2.16. The zero-order valence-corrected chi connectivity index (χ0v) is 11.2. The lowest BCUT2D eigenvalue weighted by atomic mass is 9.90. The van der Waals surface area contributed by atoms with Gasteiger partial charge in [-0.3, -0.25) is 4.79 Å². The van der Waals surface area contributed by atoms with Crippen LogP contribution in [0.4, 0.5) is 0 Å². The molecule has 1 heterocycles. The molecule has 0 spiro atoms. The van der Waals surface area contributed by atoms with Crippen LogP contribution in [0.3, 0.4) is 0 Å². The maximum absolute atomic E-state index is 11.9. The van der Waals surface area contributed by atoms with Gasteiger partial charge in [0.2, 0.25) is 0 Å². The Balaban J connectivity index is 2.40. The highest BCUT2D eigenvalue weighted by atomic mass is 16.6. The Morgan fingerprint density at radius 3 is 2.76 bits per heavy atom. The van der Waals surface area contributed by atoms with E-state index < -0.39 is 5.60 Å². The monoisotopic (exact) mass is 243 g/mol. The standard InChI is InChI=1S/C13H25NO3/c1-13(2,3)17-12(16)10-6-7-14-11(9-10)5-4-8-15/h10-11,14-15H,4-9H2,1-3H3/t10-,11+/m0/s1. The maximum Gasteiger partial charge on any atom is 0.309 e. The molecule has 0 aromatic carbocycles. The molecule has 1 aliphatic rings. The first-order valence-corrected chi connectivity index (χ1v) is 6.49. The van der Waals surface area contributed by atoms with Crippen molar-refractivity contribution in [3.8, 4) is 0 Å². The van der Waals surface area contributed by atoms with Gasteiger partial charge in [0, 0.05) is 12.6 Å². The minimum absolute atomic E-state index is 0.0131. The second-order valence-electron chi connectivity index (χ2n) is 5.77. The number of aliphatic hydroxyl groups is 1. The van der Waals surface area contributed by atoms with Crippen LogP contribution >= 0.6 is 0 Å². The van der Waals surface area contributed by atoms with Crippen LogP contribution in [0.2, 0.25) is 0 Å². The Kier molecular flexibility index (Phi) is 5.40. The Labute approximate surface area is 104 Å². The summed E-state index contributed by atoms with van der Waals surface area (Å²) in [6.45, 7) is 6.77. The van der Waals surface area contributed by atoms with E-state index in [0.717, 1.165) is 32.2 Å². The zero-order valence-electron chi connectivity index (χ0n) is 11.2. The predicted molar refractivity (Wildman–Crippen MR) is 66.7 cm³/mol. The molecule has 0 unspecified atom stereocenters. The number of hydrogen-bond donors (Lipinski definition) is 2. The van der Waals surface area contributed by atoms with Gasteiger partial charge in [0.25, 0.3) is 0 Å². The minimum Gasteiger partial charge on any atom is -0.460 e. The normalized spacial score (nSPS) is 25.6. The van der Waals surface area contributed by atoms with E-state index in [9.17, 15) is 4.79 Å². The van der Waals surface area contributed by atoms with Crippen molar-refractivity contribution in [2.75, 3.05) is 13.2 Å². The van der Waals surface area contributed by atoms with Gasteiger partial charge in [0.15, 0.2) is 0 Å². The number of esters is 1. The molecule has 0 aromatic rings. The van der Waals surface area contributed by atoms with E-state index in [-0.39, 0.29) is 18.5 Å². The van der Waals surface area contributed by atoms with Crippen molar-refractivity contribution in [1.29, 1.82) is 0 Å².